The average molecular weight is 429 g/mol. The van der Waals surface area contributed by atoms with Crippen LogP contribution in [0.25, 0.3) is 10.9 Å². The molecule has 0 aliphatic carbocycles. The molecule has 0 aliphatic heterocycles. The zero-order chi connectivity index (χ0) is 18.4. The first-order valence-electron chi connectivity index (χ1n) is 6.91. The second kappa shape index (κ2) is 6.13. The van der Waals surface area contributed by atoms with Gasteiger partial charge in [-0.15, -0.1) is 0 Å². The molecule has 2 heterocycles. The molecule has 1 aromatic carbocycles. The summed E-state index contributed by atoms with van der Waals surface area (Å²) in [6.07, 6.45) is 0. The average Bonchev–Trinajstić information content (AvgIpc) is 3.10. The highest BCUT2D eigenvalue weighted by atomic mass is 79.9. The number of nitrogens with zero attached hydrogens (tertiary/aromatic N) is 2. The summed E-state index contributed by atoms with van der Waals surface area (Å²) in [5, 5.41) is 6.16. The van der Waals surface area contributed by atoms with Gasteiger partial charge < -0.3 is 10.7 Å². The third-order valence-electron chi connectivity index (χ3n) is 3.55. The van der Waals surface area contributed by atoms with E-state index in [4.69, 9.17) is 5.73 Å². The minimum Gasteiger partial charge on any atom is -0.364 e. The second-order valence-corrected chi connectivity index (χ2v) is 8.17. The van der Waals surface area contributed by atoms with Crippen molar-refractivity contribution in [2.75, 3.05) is 7.05 Å². The Morgan fingerprint density at radius 3 is 2.68 bits per heavy atom. The molecule has 0 bridgehead atoms. The topological polar surface area (TPSA) is 158 Å². The molecule has 0 fully saturated rings. The lowest BCUT2D eigenvalue weighted by Crippen LogP contribution is -2.29. The van der Waals surface area contributed by atoms with Gasteiger partial charge in [0.1, 0.15) is 16.4 Å². The van der Waals surface area contributed by atoms with E-state index < -0.39 is 21.6 Å². The molecule has 0 aliphatic rings. The molecule has 3 rings (SSSR count). The molecule has 0 spiro atoms. The summed E-state index contributed by atoms with van der Waals surface area (Å²) in [6, 6.07) is 4.92. The molecule has 0 saturated carbocycles. The first kappa shape index (κ1) is 17.4. The number of nitrogens with two attached hydrogens (primary N) is 1. The van der Waals surface area contributed by atoms with E-state index in [9.17, 15) is 18.0 Å². The van der Waals surface area contributed by atoms with E-state index in [1.807, 2.05) is 0 Å². The van der Waals surface area contributed by atoms with Crippen LogP contribution in [-0.2, 0) is 16.6 Å². The van der Waals surface area contributed by atoms with Gasteiger partial charge in [-0.25, -0.2) is 18.3 Å². The number of hydrogen-bond acceptors (Lipinski definition) is 5. The fourth-order valence-electron chi connectivity index (χ4n) is 2.41. The van der Waals surface area contributed by atoms with E-state index in [0.29, 0.717) is 15.4 Å². The number of nitrogens with one attached hydrogen (secondary N) is 3. The van der Waals surface area contributed by atoms with Gasteiger partial charge in [-0.3, -0.25) is 9.78 Å². The number of amides is 1. The van der Waals surface area contributed by atoms with Gasteiger partial charge in [0.25, 0.3) is 5.91 Å². The standard InChI is InChI=1S/C13H13BrN6O4S/c1-20(5-9-17-13(22)19-18-9)25(23,24)11-7-4-6(14)2-3-8(7)16-10(11)12(15)21/h2-4,16H,5H2,1H3,(H2,15,21)(H2,17,18,19,22). The number of primary amides is 1. The van der Waals surface area contributed by atoms with Crippen molar-refractivity contribution in [1.29, 1.82) is 0 Å². The molecule has 2 aromatic heterocycles. The van der Waals surface area contributed by atoms with Crippen LogP contribution in [0, 0.1) is 0 Å². The summed E-state index contributed by atoms with van der Waals surface area (Å²) in [5.74, 6) is -0.759. The van der Waals surface area contributed by atoms with Crippen LogP contribution in [0.2, 0.25) is 0 Å². The SMILES string of the molecule is CN(Cc1n[nH]c(=O)[nH]1)S(=O)(=O)c1c(C(N)=O)[nH]c2ccc(Br)cc12. The predicted molar refractivity (Wildman–Crippen MR) is 92.4 cm³/mol. The van der Waals surface area contributed by atoms with Crippen LogP contribution in [0.3, 0.4) is 0 Å². The number of rotatable bonds is 5. The fraction of sp³-hybridized carbons (Fsp3) is 0.154. The van der Waals surface area contributed by atoms with Crippen molar-refractivity contribution in [3.63, 3.8) is 0 Å². The molecule has 5 N–H and O–H groups in total. The molecule has 25 heavy (non-hydrogen) atoms. The maximum atomic E-state index is 13.0. The number of hydrogen-bond donors (Lipinski definition) is 4. The highest BCUT2D eigenvalue weighted by molar-refractivity contribution is 9.10. The van der Waals surface area contributed by atoms with E-state index in [1.54, 1.807) is 18.2 Å². The molecule has 0 unspecified atom stereocenters. The Balaban J connectivity index is 2.15. The number of H-pyrrole nitrogens is 3. The molecule has 0 saturated heterocycles. The molecule has 12 heteroatoms. The molecular formula is C13H13BrN6O4S. The van der Waals surface area contributed by atoms with Gasteiger partial charge in [-0.1, -0.05) is 15.9 Å². The van der Waals surface area contributed by atoms with Crippen LogP contribution in [-0.4, -0.2) is 45.8 Å². The fourth-order valence-corrected chi connectivity index (χ4v) is 4.23. The highest BCUT2D eigenvalue weighted by Crippen LogP contribution is 2.31. The Morgan fingerprint density at radius 2 is 2.08 bits per heavy atom. The highest BCUT2D eigenvalue weighted by Gasteiger charge is 2.31. The molecular weight excluding hydrogens is 416 g/mol. The largest absolute Gasteiger partial charge is 0.364 e. The van der Waals surface area contributed by atoms with Gasteiger partial charge in [0, 0.05) is 22.4 Å². The van der Waals surface area contributed by atoms with Crippen molar-refractivity contribution in [2.45, 2.75) is 11.4 Å². The Morgan fingerprint density at radius 1 is 1.36 bits per heavy atom. The van der Waals surface area contributed by atoms with Crippen molar-refractivity contribution in [2.24, 2.45) is 5.73 Å². The van der Waals surface area contributed by atoms with Gasteiger partial charge >= 0.3 is 5.69 Å². The minimum atomic E-state index is -4.10. The quantitative estimate of drug-likeness (QED) is 0.458. The summed E-state index contributed by atoms with van der Waals surface area (Å²) in [4.78, 5) is 27.7. The van der Waals surface area contributed by atoms with E-state index in [2.05, 4.69) is 36.1 Å². The number of benzene rings is 1. The van der Waals surface area contributed by atoms with Crippen LogP contribution in [0.4, 0.5) is 0 Å². The van der Waals surface area contributed by atoms with Crippen molar-refractivity contribution in [3.8, 4) is 0 Å². The second-order valence-electron chi connectivity index (χ2n) is 5.27. The van der Waals surface area contributed by atoms with Gasteiger partial charge in [-0.05, 0) is 18.2 Å². The van der Waals surface area contributed by atoms with Gasteiger partial charge in [0.15, 0.2) is 0 Å². The van der Waals surface area contributed by atoms with Crippen LogP contribution >= 0.6 is 15.9 Å². The summed E-state index contributed by atoms with van der Waals surface area (Å²) < 4.78 is 27.6. The van der Waals surface area contributed by atoms with Gasteiger partial charge in [0.2, 0.25) is 10.0 Å². The zero-order valence-corrected chi connectivity index (χ0v) is 15.2. The smallest absolute Gasteiger partial charge is 0.340 e. The molecule has 3 aromatic rings. The zero-order valence-electron chi connectivity index (χ0n) is 12.8. The summed E-state index contributed by atoms with van der Waals surface area (Å²) in [6.45, 7) is -0.194. The summed E-state index contributed by atoms with van der Waals surface area (Å²) in [5.41, 5.74) is 5.04. The molecule has 0 radical (unpaired) electrons. The Bertz CT molecular complexity index is 1130. The van der Waals surface area contributed by atoms with Crippen molar-refractivity contribution in [1.82, 2.24) is 24.5 Å². The maximum Gasteiger partial charge on any atom is 0.340 e. The number of carbonyl (C=O) groups is 1. The van der Waals surface area contributed by atoms with E-state index in [-0.39, 0.29) is 23.0 Å². The lowest BCUT2D eigenvalue weighted by Gasteiger charge is -2.16. The monoisotopic (exact) mass is 428 g/mol. The number of aromatic amines is 3. The lowest BCUT2D eigenvalue weighted by atomic mass is 10.2. The summed E-state index contributed by atoms with van der Waals surface area (Å²) >= 11 is 3.28. The first-order valence-corrected chi connectivity index (χ1v) is 9.14. The van der Waals surface area contributed by atoms with Crippen molar-refractivity contribution >= 4 is 42.8 Å². The predicted octanol–water partition coefficient (Wildman–Crippen LogP) is 0.261. The molecule has 10 nitrogen and oxygen atoms in total. The Labute approximate surface area is 149 Å². The van der Waals surface area contributed by atoms with E-state index in [0.717, 1.165) is 4.31 Å². The lowest BCUT2D eigenvalue weighted by molar-refractivity contribution is 0.0993. The van der Waals surface area contributed by atoms with Gasteiger partial charge in [0.05, 0.1) is 6.54 Å². The maximum absolute atomic E-state index is 13.0. The van der Waals surface area contributed by atoms with Crippen molar-refractivity contribution in [3.05, 3.63) is 44.7 Å². The van der Waals surface area contributed by atoms with Crippen LogP contribution in [0.5, 0.6) is 0 Å². The number of fused-ring (bicyclic) bond motifs is 1. The van der Waals surface area contributed by atoms with E-state index >= 15 is 0 Å². The normalized spacial score (nSPS) is 12.1. The number of sulfonamides is 1. The van der Waals surface area contributed by atoms with E-state index in [1.165, 1.54) is 7.05 Å². The van der Waals surface area contributed by atoms with Gasteiger partial charge in [-0.2, -0.15) is 9.40 Å². The first-order chi connectivity index (χ1) is 11.7. The van der Waals surface area contributed by atoms with Crippen molar-refractivity contribution < 1.29 is 13.2 Å². The van der Waals surface area contributed by atoms with Crippen LogP contribution < -0.4 is 11.4 Å². The number of aromatic nitrogens is 4. The summed E-state index contributed by atoms with van der Waals surface area (Å²) in [7, 11) is -2.79. The molecule has 0 atom stereocenters. The molecule has 132 valence electrons. The van der Waals surface area contributed by atoms with Crippen LogP contribution in [0.15, 0.2) is 32.4 Å². The third-order valence-corrected chi connectivity index (χ3v) is 5.93. The number of carbonyl (C=O) groups excluding carboxylic acids is 1. The Hall–Kier alpha value is -2.44. The number of halogens is 1. The third kappa shape index (κ3) is 3.10. The minimum absolute atomic E-state index is 0.137. The molecule has 1 amide bonds. The Kier molecular flexibility index (Phi) is 4.26. The van der Waals surface area contributed by atoms with Crippen LogP contribution in [0.1, 0.15) is 16.3 Å².